The summed E-state index contributed by atoms with van der Waals surface area (Å²) in [6, 6.07) is 6.10. The Morgan fingerprint density at radius 2 is 2.00 bits per heavy atom. The van der Waals surface area contributed by atoms with Gasteiger partial charge in [-0.3, -0.25) is 9.80 Å². The van der Waals surface area contributed by atoms with E-state index in [1.807, 2.05) is 31.7 Å². The zero-order valence-electron chi connectivity index (χ0n) is 20.3. The Balaban J connectivity index is 1.96. The molecule has 0 aromatic heterocycles. The molecule has 0 radical (unpaired) electrons. The van der Waals surface area contributed by atoms with Gasteiger partial charge in [-0.05, 0) is 45.4 Å². The molecule has 2 heterocycles. The van der Waals surface area contributed by atoms with E-state index in [1.165, 1.54) is 0 Å². The molecule has 4 amide bonds. The molecule has 0 saturated carbocycles. The van der Waals surface area contributed by atoms with Gasteiger partial charge in [-0.2, -0.15) is 0 Å². The Morgan fingerprint density at radius 1 is 1.24 bits per heavy atom. The van der Waals surface area contributed by atoms with Crippen LogP contribution < -0.4 is 10.6 Å². The van der Waals surface area contributed by atoms with Crippen LogP contribution in [0.2, 0.25) is 5.02 Å². The largest absolute Gasteiger partial charge is 0.463 e. The second kappa shape index (κ2) is 11.6. The Kier molecular flexibility index (Phi) is 8.79. The van der Waals surface area contributed by atoms with E-state index in [0.29, 0.717) is 61.1 Å². The number of hydrogen-bond donors (Lipinski definition) is 2. The quantitative estimate of drug-likeness (QED) is 0.572. The molecule has 3 rings (SSSR count). The molecule has 2 N–H and O–H groups in total. The van der Waals surface area contributed by atoms with Crippen molar-refractivity contribution in [1.29, 1.82) is 0 Å². The first-order valence-corrected chi connectivity index (χ1v) is 12.2. The summed E-state index contributed by atoms with van der Waals surface area (Å²) in [5, 5.41) is 6.32. The van der Waals surface area contributed by atoms with E-state index in [1.54, 1.807) is 30.0 Å². The summed E-state index contributed by atoms with van der Waals surface area (Å²) < 4.78 is 5.42. The third kappa shape index (κ3) is 5.64. The van der Waals surface area contributed by atoms with Gasteiger partial charge in [-0.25, -0.2) is 14.4 Å². The van der Waals surface area contributed by atoms with Gasteiger partial charge in [-0.15, -0.1) is 0 Å². The van der Waals surface area contributed by atoms with Crippen molar-refractivity contribution in [2.24, 2.45) is 0 Å². The van der Waals surface area contributed by atoms with Crippen LogP contribution in [0.5, 0.6) is 0 Å². The summed E-state index contributed by atoms with van der Waals surface area (Å²) in [4.78, 5) is 44.2. The first-order valence-electron chi connectivity index (χ1n) is 11.8. The predicted molar refractivity (Wildman–Crippen MR) is 130 cm³/mol. The average Bonchev–Trinajstić information content (AvgIpc) is 2.79. The van der Waals surface area contributed by atoms with Gasteiger partial charge >= 0.3 is 18.0 Å². The Labute approximate surface area is 206 Å². The number of rotatable bonds is 7. The number of amides is 4. The van der Waals surface area contributed by atoms with Crippen molar-refractivity contribution < 1.29 is 19.1 Å². The molecule has 2 aliphatic heterocycles. The molecule has 34 heavy (non-hydrogen) atoms. The lowest BCUT2D eigenvalue weighted by molar-refractivity contribution is -0.139. The first-order chi connectivity index (χ1) is 16.3. The highest BCUT2D eigenvalue weighted by atomic mass is 35.5. The van der Waals surface area contributed by atoms with Gasteiger partial charge in [0.2, 0.25) is 0 Å². The van der Waals surface area contributed by atoms with Crippen LogP contribution in [0.25, 0.3) is 0 Å². The molecule has 186 valence electrons. The maximum absolute atomic E-state index is 13.2. The first kappa shape index (κ1) is 25.8. The predicted octanol–water partition coefficient (Wildman–Crippen LogP) is 2.98. The fourth-order valence-corrected chi connectivity index (χ4v) is 4.74. The summed E-state index contributed by atoms with van der Waals surface area (Å²) in [6.45, 7) is 10.9. The third-order valence-corrected chi connectivity index (χ3v) is 6.34. The van der Waals surface area contributed by atoms with E-state index in [0.717, 1.165) is 0 Å². The van der Waals surface area contributed by atoms with Crippen LogP contribution in [-0.4, -0.2) is 84.6 Å². The lowest BCUT2D eigenvalue weighted by Gasteiger charge is -2.42. The van der Waals surface area contributed by atoms with Gasteiger partial charge in [0.25, 0.3) is 0 Å². The molecule has 10 heteroatoms. The molecule has 1 aromatic rings. The van der Waals surface area contributed by atoms with Gasteiger partial charge in [0, 0.05) is 56.0 Å². The fourth-order valence-electron chi connectivity index (χ4n) is 4.54. The van der Waals surface area contributed by atoms with Gasteiger partial charge in [0.15, 0.2) is 0 Å². The monoisotopic (exact) mass is 491 g/mol. The van der Waals surface area contributed by atoms with Crippen molar-refractivity contribution in [3.63, 3.8) is 0 Å². The van der Waals surface area contributed by atoms with E-state index in [9.17, 15) is 14.4 Å². The van der Waals surface area contributed by atoms with Gasteiger partial charge < -0.3 is 20.3 Å². The van der Waals surface area contributed by atoms with Crippen molar-refractivity contribution >= 4 is 29.6 Å². The SMILES string of the molecule is CCNC(=O)N1CCN(CC2=C(C(=O)OCC)[C@H](c3cccc(Cl)c3)NC(=O)N2CC)C[C@H]1C. The number of benzene rings is 1. The maximum atomic E-state index is 13.2. The van der Waals surface area contributed by atoms with Crippen molar-refractivity contribution in [3.8, 4) is 0 Å². The molecule has 0 unspecified atom stereocenters. The number of likely N-dealkylation sites (N-methyl/N-ethyl adjacent to an activating group) is 1. The van der Waals surface area contributed by atoms with Crippen LogP contribution in [0, 0.1) is 0 Å². The number of nitrogens with zero attached hydrogens (tertiary/aromatic N) is 3. The minimum Gasteiger partial charge on any atom is -0.463 e. The number of urea groups is 2. The number of nitrogens with one attached hydrogen (secondary N) is 2. The third-order valence-electron chi connectivity index (χ3n) is 6.11. The lowest BCUT2D eigenvalue weighted by atomic mass is 9.94. The molecule has 1 fully saturated rings. The smallest absolute Gasteiger partial charge is 0.338 e. The fraction of sp³-hybridized carbons (Fsp3) is 0.542. The van der Waals surface area contributed by atoms with Crippen molar-refractivity contribution in [3.05, 3.63) is 46.1 Å². The molecule has 2 aliphatic rings. The molecule has 0 bridgehead atoms. The van der Waals surface area contributed by atoms with Crippen LogP contribution in [0.4, 0.5) is 9.59 Å². The number of carbonyl (C=O) groups excluding carboxylic acids is 3. The van der Waals surface area contributed by atoms with Gasteiger partial charge in [0.05, 0.1) is 18.2 Å². The van der Waals surface area contributed by atoms with Crippen LogP contribution in [0.15, 0.2) is 35.5 Å². The summed E-state index contributed by atoms with van der Waals surface area (Å²) in [6.07, 6.45) is 0. The molecule has 0 spiro atoms. The van der Waals surface area contributed by atoms with Crippen LogP contribution in [0.1, 0.15) is 39.3 Å². The van der Waals surface area contributed by atoms with Crippen LogP contribution in [0.3, 0.4) is 0 Å². The van der Waals surface area contributed by atoms with Crippen LogP contribution >= 0.6 is 11.6 Å². The average molecular weight is 492 g/mol. The summed E-state index contributed by atoms with van der Waals surface area (Å²) in [7, 11) is 0. The number of piperazine rings is 1. The van der Waals surface area contributed by atoms with Gasteiger partial charge in [-0.1, -0.05) is 23.7 Å². The zero-order valence-corrected chi connectivity index (χ0v) is 21.0. The molecule has 9 nitrogen and oxygen atoms in total. The molecule has 1 aromatic carbocycles. The van der Waals surface area contributed by atoms with Crippen molar-refractivity contribution in [2.45, 2.75) is 39.8 Å². The highest BCUT2D eigenvalue weighted by Crippen LogP contribution is 2.33. The standard InChI is InChI=1S/C24H34ClN5O4/c1-5-26-23(32)30-12-11-28(14-16(30)4)15-19-20(22(31)34-7-3)21(27-24(33)29(19)6-2)17-9-8-10-18(25)13-17/h8-10,13,16,21H,5-7,11-12,14-15H2,1-4H3,(H,26,32)(H,27,33)/t16-,21+/m1/s1. The van der Waals surface area contributed by atoms with E-state index in [2.05, 4.69) is 15.5 Å². The number of hydrogen-bond acceptors (Lipinski definition) is 5. The molecule has 0 aliphatic carbocycles. The second-order valence-corrected chi connectivity index (χ2v) is 8.81. The molecular formula is C24H34ClN5O4. The minimum absolute atomic E-state index is 0.0110. The topological polar surface area (TPSA) is 94.2 Å². The summed E-state index contributed by atoms with van der Waals surface area (Å²) in [5.41, 5.74) is 1.74. The second-order valence-electron chi connectivity index (χ2n) is 8.38. The number of esters is 1. The van der Waals surface area contributed by atoms with E-state index in [4.69, 9.17) is 16.3 Å². The minimum atomic E-state index is -0.669. The summed E-state index contributed by atoms with van der Waals surface area (Å²) in [5.74, 6) is -0.463. The zero-order chi connectivity index (χ0) is 24.8. The lowest BCUT2D eigenvalue weighted by Crippen LogP contribution is -2.58. The number of halogens is 1. The van der Waals surface area contributed by atoms with Crippen molar-refractivity contribution in [2.75, 3.05) is 45.9 Å². The Bertz CT molecular complexity index is 953. The van der Waals surface area contributed by atoms with E-state index >= 15 is 0 Å². The normalized spacial score (nSPS) is 21.4. The van der Waals surface area contributed by atoms with Gasteiger partial charge in [0.1, 0.15) is 0 Å². The summed E-state index contributed by atoms with van der Waals surface area (Å²) >= 11 is 6.21. The van der Waals surface area contributed by atoms with Crippen molar-refractivity contribution in [1.82, 2.24) is 25.3 Å². The van der Waals surface area contributed by atoms with Crippen LogP contribution in [-0.2, 0) is 9.53 Å². The Hall–Kier alpha value is -2.78. The van der Waals surface area contributed by atoms with E-state index < -0.39 is 12.0 Å². The number of ether oxygens (including phenoxy) is 1. The molecule has 2 atom stereocenters. The Morgan fingerprint density at radius 3 is 2.62 bits per heavy atom. The molecule has 1 saturated heterocycles. The maximum Gasteiger partial charge on any atom is 0.338 e. The van der Waals surface area contributed by atoms with E-state index in [-0.39, 0.29) is 24.7 Å². The highest BCUT2D eigenvalue weighted by Gasteiger charge is 2.39. The number of carbonyl (C=O) groups is 3. The molecular weight excluding hydrogens is 458 g/mol. The highest BCUT2D eigenvalue weighted by molar-refractivity contribution is 6.30.